The van der Waals surface area contributed by atoms with Gasteiger partial charge in [0.05, 0.1) is 11.3 Å². The minimum atomic E-state index is -3.84. The monoisotopic (exact) mass is 361 g/mol. The van der Waals surface area contributed by atoms with Crippen LogP contribution in [0.4, 0.5) is 5.69 Å². The van der Waals surface area contributed by atoms with Gasteiger partial charge in [-0.05, 0) is 44.3 Å². The highest BCUT2D eigenvalue weighted by Crippen LogP contribution is 2.24. The van der Waals surface area contributed by atoms with Crippen LogP contribution in [-0.4, -0.2) is 41.5 Å². The second-order valence-corrected chi connectivity index (χ2v) is 7.45. The summed E-state index contributed by atoms with van der Waals surface area (Å²) in [6, 6.07) is 15.0. The van der Waals surface area contributed by atoms with E-state index in [2.05, 4.69) is 10.6 Å². The van der Waals surface area contributed by atoms with Crippen LogP contribution in [0.25, 0.3) is 0 Å². The van der Waals surface area contributed by atoms with Crippen molar-refractivity contribution in [3.8, 4) is 0 Å². The number of nitrogens with zero attached hydrogens (tertiary/aromatic N) is 1. The number of rotatable bonds is 8. The number of hydrogen-bond acceptors (Lipinski definition) is 4. The lowest BCUT2D eigenvalue weighted by molar-refractivity contribution is 0.0950. The maximum absolute atomic E-state index is 13.0. The predicted molar refractivity (Wildman–Crippen MR) is 99.3 cm³/mol. The number of benzene rings is 2. The SMILES string of the molecule is CNCCCNC(=O)c1ccccc1S(=O)(=O)N(C)c1ccccc1. The van der Waals surface area contributed by atoms with Crippen molar-refractivity contribution >= 4 is 21.6 Å². The average molecular weight is 361 g/mol. The summed E-state index contributed by atoms with van der Waals surface area (Å²) in [6.45, 7) is 1.25. The van der Waals surface area contributed by atoms with Crippen LogP contribution in [0.2, 0.25) is 0 Å². The summed E-state index contributed by atoms with van der Waals surface area (Å²) < 4.78 is 27.1. The molecule has 1 amide bonds. The van der Waals surface area contributed by atoms with Gasteiger partial charge in [0.25, 0.3) is 15.9 Å². The molecule has 2 rings (SSSR count). The van der Waals surface area contributed by atoms with E-state index in [1.807, 2.05) is 13.1 Å². The Bertz CT molecular complexity index is 807. The molecule has 0 saturated carbocycles. The van der Waals surface area contributed by atoms with E-state index in [1.165, 1.54) is 23.5 Å². The van der Waals surface area contributed by atoms with Gasteiger partial charge in [-0.3, -0.25) is 9.10 Å². The van der Waals surface area contributed by atoms with Crippen molar-refractivity contribution in [1.82, 2.24) is 10.6 Å². The Morgan fingerprint density at radius 2 is 1.64 bits per heavy atom. The summed E-state index contributed by atoms with van der Waals surface area (Å²) in [6.07, 6.45) is 0.765. The van der Waals surface area contributed by atoms with Gasteiger partial charge in [-0.1, -0.05) is 30.3 Å². The van der Waals surface area contributed by atoms with Gasteiger partial charge in [-0.2, -0.15) is 0 Å². The molecule has 25 heavy (non-hydrogen) atoms. The molecule has 0 spiro atoms. The molecule has 0 unspecified atom stereocenters. The minimum absolute atomic E-state index is 0.00697. The number of sulfonamides is 1. The summed E-state index contributed by atoms with van der Waals surface area (Å²) in [4.78, 5) is 12.4. The normalized spacial score (nSPS) is 11.1. The fourth-order valence-corrected chi connectivity index (χ4v) is 3.75. The van der Waals surface area contributed by atoms with Crippen molar-refractivity contribution in [3.05, 3.63) is 60.2 Å². The third-order valence-corrected chi connectivity index (χ3v) is 5.62. The van der Waals surface area contributed by atoms with Crippen LogP contribution in [0.3, 0.4) is 0 Å². The molecule has 0 aliphatic heterocycles. The number of para-hydroxylation sites is 1. The highest BCUT2D eigenvalue weighted by atomic mass is 32.2. The van der Waals surface area contributed by atoms with Crippen molar-refractivity contribution in [2.75, 3.05) is 31.5 Å². The first kappa shape index (κ1) is 19.0. The first-order valence-corrected chi connectivity index (χ1v) is 9.48. The predicted octanol–water partition coefficient (Wildman–Crippen LogP) is 1.85. The number of nitrogens with one attached hydrogen (secondary N) is 2. The first-order chi connectivity index (χ1) is 12.0. The van der Waals surface area contributed by atoms with Crippen LogP contribution in [0.5, 0.6) is 0 Å². The van der Waals surface area contributed by atoms with E-state index < -0.39 is 15.9 Å². The fourth-order valence-electron chi connectivity index (χ4n) is 2.37. The highest BCUT2D eigenvalue weighted by molar-refractivity contribution is 7.92. The molecule has 0 saturated heterocycles. The van der Waals surface area contributed by atoms with Crippen LogP contribution >= 0.6 is 0 Å². The van der Waals surface area contributed by atoms with E-state index >= 15 is 0 Å². The maximum atomic E-state index is 13.0. The van der Waals surface area contributed by atoms with Crippen molar-refractivity contribution < 1.29 is 13.2 Å². The van der Waals surface area contributed by atoms with E-state index in [0.717, 1.165) is 13.0 Å². The van der Waals surface area contributed by atoms with Crippen molar-refractivity contribution in [1.29, 1.82) is 0 Å². The Morgan fingerprint density at radius 3 is 2.32 bits per heavy atom. The zero-order valence-electron chi connectivity index (χ0n) is 14.4. The smallest absolute Gasteiger partial charge is 0.264 e. The molecule has 0 bridgehead atoms. The van der Waals surface area contributed by atoms with Crippen molar-refractivity contribution in [3.63, 3.8) is 0 Å². The standard InChI is InChI=1S/C18H23N3O3S/c1-19-13-8-14-20-18(22)16-11-6-7-12-17(16)25(23,24)21(2)15-9-4-3-5-10-15/h3-7,9-12,19H,8,13-14H2,1-2H3,(H,20,22). The molecule has 0 aromatic heterocycles. The van der Waals surface area contributed by atoms with E-state index in [4.69, 9.17) is 0 Å². The van der Waals surface area contributed by atoms with Gasteiger partial charge in [0.1, 0.15) is 4.90 Å². The minimum Gasteiger partial charge on any atom is -0.352 e. The number of carbonyl (C=O) groups is 1. The molecule has 0 heterocycles. The molecule has 0 aliphatic rings. The molecule has 0 aliphatic carbocycles. The lowest BCUT2D eigenvalue weighted by Crippen LogP contribution is -2.31. The maximum Gasteiger partial charge on any atom is 0.264 e. The molecular formula is C18H23N3O3S. The first-order valence-electron chi connectivity index (χ1n) is 8.04. The summed E-state index contributed by atoms with van der Waals surface area (Å²) in [5.74, 6) is -0.392. The van der Waals surface area contributed by atoms with E-state index in [0.29, 0.717) is 12.2 Å². The van der Waals surface area contributed by atoms with Gasteiger partial charge >= 0.3 is 0 Å². The molecule has 0 fully saturated rings. The van der Waals surface area contributed by atoms with E-state index in [-0.39, 0.29) is 10.5 Å². The van der Waals surface area contributed by atoms with Crippen LogP contribution in [0, 0.1) is 0 Å². The van der Waals surface area contributed by atoms with Crippen LogP contribution in [0.1, 0.15) is 16.8 Å². The Labute approximate surface area is 148 Å². The van der Waals surface area contributed by atoms with E-state index in [1.54, 1.807) is 36.4 Å². The highest BCUT2D eigenvalue weighted by Gasteiger charge is 2.26. The molecule has 2 N–H and O–H groups in total. The van der Waals surface area contributed by atoms with Crippen molar-refractivity contribution in [2.24, 2.45) is 0 Å². The zero-order chi connectivity index (χ0) is 18.3. The van der Waals surface area contributed by atoms with E-state index in [9.17, 15) is 13.2 Å². The molecule has 2 aromatic carbocycles. The fraction of sp³-hybridized carbons (Fsp3) is 0.278. The van der Waals surface area contributed by atoms with Gasteiger partial charge < -0.3 is 10.6 Å². The molecule has 0 atom stereocenters. The molecule has 0 radical (unpaired) electrons. The second kappa shape index (κ2) is 8.64. The Morgan fingerprint density at radius 1 is 1.00 bits per heavy atom. The van der Waals surface area contributed by atoms with Crippen LogP contribution in [0.15, 0.2) is 59.5 Å². The average Bonchev–Trinajstić information content (AvgIpc) is 2.65. The van der Waals surface area contributed by atoms with Gasteiger partial charge in [-0.25, -0.2) is 8.42 Å². The molecule has 6 nitrogen and oxygen atoms in total. The van der Waals surface area contributed by atoms with Crippen molar-refractivity contribution in [2.45, 2.75) is 11.3 Å². The van der Waals surface area contributed by atoms with Crippen LogP contribution < -0.4 is 14.9 Å². The lowest BCUT2D eigenvalue weighted by Gasteiger charge is -2.21. The zero-order valence-corrected chi connectivity index (χ0v) is 15.2. The third-order valence-electron chi connectivity index (χ3n) is 3.78. The number of carbonyl (C=O) groups excluding carboxylic acids is 1. The summed E-state index contributed by atoms with van der Waals surface area (Å²) in [5.41, 5.74) is 0.682. The Hall–Kier alpha value is -2.38. The molecule has 134 valence electrons. The number of anilines is 1. The third kappa shape index (κ3) is 4.58. The quantitative estimate of drug-likeness (QED) is 0.704. The molecule has 7 heteroatoms. The van der Waals surface area contributed by atoms with Gasteiger partial charge in [-0.15, -0.1) is 0 Å². The van der Waals surface area contributed by atoms with Crippen LogP contribution in [-0.2, 0) is 10.0 Å². The Kier molecular flexibility index (Phi) is 6.55. The van der Waals surface area contributed by atoms with Gasteiger partial charge in [0.15, 0.2) is 0 Å². The summed E-state index contributed by atoms with van der Waals surface area (Å²) in [7, 11) is -0.528. The topological polar surface area (TPSA) is 78.5 Å². The Balaban J connectivity index is 2.28. The largest absolute Gasteiger partial charge is 0.352 e. The van der Waals surface area contributed by atoms with Gasteiger partial charge in [0, 0.05) is 13.6 Å². The number of hydrogen-bond donors (Lipinski definition) is 2. The molecule has 2 aromatic rings. The summed E-state index contributed by atoms with van der Waals surface area (Å²) in [5, 5.41) is 5.76. The second-order valence-electron chi connectivity index (χ2n) is 5.52. The lowest BCUT2D eigenvalue weighted by atomic mass is 10.2. The van der Waals surface area contributed by atoms with Gasteiger partial charge in [0.2, 0.25) is 0 Å². The number of amides is 1. The summed E-state index contributed by atoms with van der Waals surface area (Å²) >= 11 is 0. The molecular weight excluding hydrogens is 338 g/mol.